The van der Waals surface area contributed by atoms with E-state index in [2.05, 4.69) is 20.0 Å². The Morgan fingerprint density at radius 2 is 2.05 bits per heavy atom. The standard InChI is InChI=1S/C14H15N3O3/c1-20-14(19)11-9-12(15-7-8-18)17-13(16-11)10-5-3-2-4-6-10/h2-6,9,18H,7-8H2,1H3,(H,15,16,17). The monoisotopic (exact) mass is 273 g/mol. The summed E-state index contributed by atoms with van der Waals surface area (Å²) in [4.78, 5) is 20.1. The molecule has 0 aliphatic heterocycles. The zero-order valence-corrected chi connectivity index (χ0v) is 11.0. The molecule has 2 aromatic rings. The topological polar surface area (TPSA) is 84.3 Å². The number of nitrogens with one attached hydrogen (secondary N) is 1. The van der Waals surface area contributed by atoms with Gasteiger partial charge >= 0.3 is 5.97 Å². The Labute approximate surface area is 116 Å². The van der Waals surface area contributed by atoms with E-state index >= 15 is 0 Å². The number of methoxy groups -OCH3 is 1. The van der Waals surface area contributed by atoms with Gasteiger partial charge in [0.25, 0.3) is 0 Å². The zero-order chi connectivity index (χ0) is 14.4. The van der Waals surface area contributed by atoms with E-state index in [1.165, 1.54) is 13.2 Å². The third-order valence-corrected chi connectivity index (χ3v) is 2.57. The second kappa shape index (κ2) is 6.63. The van der Waals surface area contributed by atoms with Crippen LogP contribution in [0.4, 0.5) is 5.82 Å². The molecular formula is C14H15N3O3. The highest BCUT2D eigenvalue weighted by atomic mass is 16.5. The van der Waals surface area contributed by atoms with Crippen LogP contribution in [0.1, 0.15) is 10.5 Å². The van der Waals surface area contributed by atoms with E-state index in [0.717, 1.165) is 5.56 Å². The molecule has 0 saturated heterocycles. The van der Waals surface area contributed by atoms with Crippen LogP contribution < -0.4 is 5.32 Å². The fourth-order valence-corrected chi connectivity index (χ4v) is 1.65. The number of ether oxygens (including phenoxy) is 1. The first kappa shape index (κ1) is 14.0. The molecule has 0 unspecified atom stereocenters. The van der Waals surface area contributed by atoms with Crippen molar-refractivity contribution in [3.8, 4) is 11.4 Å². The Hall–Kier alpha value is -2.47. The molecule has 0 saturated carbocycles. The van der Waals surface area contributed by atoms with E-state index < -0.39 is 5.97 Å². The fraction of sp³-hybridized carbons (Fsp3) is 0.214. The molecule has 0 amide bonds. The maximum Gasteiger partial charge on any atom is 0.356 e. The number of aromatic nitrogens is 2. The molecule has 1 heterocycles. The summed E-state index contributed by atoms with van der Waals surface area (Å²) in [6.45, 7) is 0.310. The van der Waals surface area contributed by atoms with E-state index in [9.17, 15) is 4.79 Å². The van der Waals surface area contributed by atoms with Gasteiger partial charge in [-0.15, -0.1) is 0 Å². The number of rotatable bonds is 5. The molecule has 0 atom stereocenters. The van der Waals surface area contributed by atoms with E-state index in [1.54, 1.807) is 0 Å². The van der Waals surface area contributed by atoms with Gasteiger partial charge in [0.2, 0.25) is 0 Å². The van der Waals surface area contributed by atoms with Crippen LogP contribution >= 0.6 is 0 Å². The first-order chi connectivity index (χ1) is 9.74. The third kappa shape index (κ3) is 3.30. The highest BCUT2D eigenvalue weighted by Crippen LogP contribution is 2.18. The molecule has 2 N–H and O–H groups in total. The minimum Gasteiger partial charge on any atom is -0.464 e. The number of nitrogens with zero attached hydrogens (tertiary/aromatic N) is 2. The smallest absolute Gasteiger partial charge is 0.356 e. The van der Waals surface area contributed by atoms with Crippen LogP contribution in [0.5, 0.6) is 0 Å². The van der Waals surface area contributed by atoms with E-state index in [0.29, 0.717) is 18.2 Å². The van der Waals surface area contributed by atoms with Gasteiger partial charge in [0, 0.05) is 18.2 Å². The van der Waals surface area contributed by atoms with Crippen LogP contribution in [0.15, 0.2) is 36.4 Å². The minimum absolute atomic E-state index is 0.0295. The molecular weight excluding hydrogens is 258 g/mol. The van der Waals surface area contributed by atoms with Crippen molar-refractivity contribution in [2.24, 2.45) is 0 Å². The van der Waals surface area contributed by atoms with Crippen molar-refractivity contribution in [3.05, 3.63) is 42.1 Å². The molecule has 20 heavy (non-hydrogen) atoms. The third-order valence-electron chi connectivity index (χ3n) is 2.57. The van der Waals surface area contributed by atoms with Crippen molar-refractivity contribution in [3.63, 3.8) is 0 Å². The number of hydrogen-bond donors (Lipinski definition) is 2. The first-order valence-corrected chi connectivity index (χ1v) is 6.12. The fourth-order valence-electron chi connectivity index (χ4n) is 1.65. The largest absolute Gasteiger partial charge is 0.464 e. The first-order valence-electron chi connectivity index (χ1n) is 6.12. The van der Waals surface area contributed by atoms with Crippen molar-refractivity contribution in [1.82, 2.24) is 9.97 Å². The molecule has 0 spiro atoms. The summed E-state index contributed by atoms with van der Waals surface area (Å²) in [5.74, 6) is 0.360. The van der Waals surface area contributed by atoms with Gasteiger partial charge in [-0.1, -0.05) is 30.3 Å². The van der Waals surface area contributed by atoms with Crippen LogP contribution in [-0.4, -0.2) is 41.3 Å². The van der Waals surface area contributed by atoms with Gasteiger partial charge in [0.15, 0.2) is 11.5 Å². The van der Waals surface area contributed by atoms with Gasteiger partial charge in [-0.3, -0.25) is 0 Å². The van der Waals surface area contributed by atoms with Crippen molar-refractivity contribution in [2.45, 2.75) is 0 Å². The van der Waals surface area contributed by atoms with Crippen molar-refractivity contribution < 1.29 is 14.6 Å². The number of benzene rings is 1. The van der Waals surface area contributed by atoms with Crippen molar-refractivity contribution >= 4 is 11.8 Å². The molecule has 6 heteroatoms. The predicted octanol–water partition coefficient (Wildman–Crippen LogP) is 1.33. The summed E-state index contributed by atoms with van der Waals surface area (Å²) in [5.41, 5.74) is 0.965. The number of hydrogen-bond acceptors (Lipinski definition) is 6. The summed E-state index contributed by atoms with van der Waals surface area (Å²) in [5, 5.41) is 11.8. The number of aliphatic hydroxyl groups is 1. The number of carbonyl (C=O) groups excluding carboxylic acids is 1. The Balaban J connectivity index is 2.42. The molecule has 0 fully saturated rings. The number of esters is 1. The lowest BCUT2D eigenvalue weighted by Gasteiger charge is -2.08. The lowest BCUT2D eigenvalue weighted by Crippen LogP contribution is -2.11. The predicted molar refractivity (Wildman–Crippen MR) is 74.4 cm³/mol. The maximum absolute atomic E-state index is 11.6. The van der Waals surface area contributed by atoms with Gasteiger partial charge in [-0.25, -0.2) is 14.8 Å². The zero-order valence-electron chi connectivity index (χ0n) is 11.0. The van der Waals surface area contributed by atoms with Gasteiger partial charge in [0.05, 0.1) is 13.7 Å². The summed E-state index contributed by atoms with van der Waals surface area (Å²) in [6.07, 6.45) is 0. The van der Waals surface area contributed by atoms with Gasteiger partial charge < -0.3 is 15.2 Å². The maximum atomic E-state index is 11.6. The van der Waals surface area contributed by atoms with Crippen molar-refractivity contribution in [2.75, 3.05) is 25.6 Å². The summed E-state index contributed by atoms with van der Waals surface area (Å²) in [6, 6.07) is 10.8. The van der Waals surface area contributed by atoms with Gasteiger partial charge in [-0.05, 0) is 0 Å². The highest BCUT2D eigenvalue weighted by molar-refractivity contribution is 5.88. The van der Waals surface area contributed by atoms with Crippen molar-refractivity contribution in [1.29, 1.82) is 0 Å². The quantitative estimate of drug-likeness (QED) is 0.800. The average Bonchev–Trinajstić information content (AvgIpc) is 2.52. The van der Waals surface area contributed by atoms with Crippen LogP contribution in [-0.2, 0) is 4.74 Å². The van der Waals surface area contributed by atoms with Gasteiger partial charge in [-0.2, -0.15) is 0 Å². The minimum atomic E-state index is -0.531. The number of aliphatic hydroxyl groups excluding tert-OH is 1. The van der Waals surface area contributed by atoms with Crippen LogP contribution in [0.25, 0.3) is 11.4 Å². The number of anilines is 1. The second-order valence-electron chi connectivity index (χ2n) is 3.97. The lowest BCUT2D eigenvalue weighted by molar-refractivity contribution is 0.0594. The Morgan fingerprint density at radius 3 is 2.70 bits per heavy atom. The lowest BCUT2D eigenvalue weighted by atomic mass is 10.2. The Morgan fingerprint density at radius 1 is 1.30 bits per heavy atom. The molecule has 6 nitrogen and oxygen atoms in total. The Kier molecular flexibility index (Phi) is 4.62. The SMILES string of the molecule is COC(=O)c1cc(NCCO)nc(-c2ccccc2)n1. The molecule has 0 radical (unpaired) electrons. The van der Waals surface area contributed by atoms with E-state index in [1.807, 2.05) is 30.3 Å². The summed E-state index contributed by atoms with van der Waals surface area (Å²) in [7, 11) is 1.30. The second-order valence-corrected chi connectivity index (χ2v) is 3.97. The molecule has 0 aliphatic rings. The molecule has 1 aromatic carbocycles. The average molecular weight is 273 g/mol. The van der Waals surface area contributed by atoms with Gasteiger partial charge in [0.1, 0.15) is 5.82 Å². The Bertz CT molecular complexity index is 587. The number of carbonyl (C=O) groups is 1. The normalized spacial score (nSPS) is 10.1. The van der Waals surface area contributed by atoms with Crippen LogP contribution in [0, 0.1) is 0 Å². The summed E-state index contributed by atoms with van der Waals surface area (Å²) < 4.78 is 4.68. The highest BCUT2D eigenvalue weighted by Gasteiger charge is 2.12. The molecule has 0 aliphatic carbocycles. The molecule has 1 aromatic heterocycles. The molecule has 2 rings (SSSR count). The molecule has 104 valence electrons. The van der Waals surface area contributed by atoms with Crippen LogP contribution in [0.3, 0.4) is 0 Å². The van der Waals surface area contributed by atoms with E-state index in [4.69, 9.17) is 5.11 Å². The van der Waals surface area contributed by atoms with E-state index in [-0.39, 0.29) is 12.3 Å². The summed E-state index contributed by atoms with van der Waals surface area (Å²) >= 11 is 0. The molecule has 0 bridgehead atoms. The van der Waals surface area contributed by atoms with Crippen LogP contribution in [0.2, 0.25) is 0 Å².